The lowest BCUT2D eigenvalue weighted by molar-refractivity contribution is 0.823. The first-order valence-corrected chi connectivity index (χ1v) is 5.60. The maximum absolute atomic E-state index is 11.9. The van der Waals surface area contributed by atoms with Gasteiger partial charge < -0.3 is 4.98 Å². The molecule has 0 unspecified atom stereocenters. The third-order valence-corrected chi connectivity index (χ3v) is 3.71. The topological polar surface area (TPSA) is 37.8 Å². The number of hydrogen-bond donors (Lipinski definition) is 1. The zero-order valence-electron chi connectivity index (χ0n) is 8.30. The summed E-state index contributed by atoms with van der Waals surface area (Å²) < 4.78 is 2.84. The van der Waals surface area contributed by atoms with Gasteiger partial charge in [0.25, 0.3) is 5.56 Å². The smallest absolute Gasteiger partial charge is 0.261 e. The van der Waals surface area contributed by atoms with E-state index >= 15 is 0 Å². The molecule has 3 nitrogen and oxygen atoms in total. The van der Waals surface area contributed by atoms with Gasteiger partial charge in [-0.15, -0.1) is 0 Å². The summed E-state index contributed by atoms with van der Waals surface area (Å²) in [7, 11) is 1.66. The van der Waals surface area contributed by atoms with Crippen LogP contribution < -0.4 is 5.56 Å². The summed E-state index contributed by atoms with van der Waals surface area (Å²) in [6, 6.07) is 3.66. The van der Waals surface area contributed by atoms with Crippen LogP contribution in [0.15, 0.2) is 21.4 Å². The highest BCUT2D eigenvalue weighted by atomic mass is 79.9. The summed E-state index contributed by atoms with van der Waals surface area (Å²) in [5.74, 6) is 0. The Bertz CT molecular complexity index is 657. The molecule has 15 heavy (non-hydrogen) atoms. The average Bonchev–Trinajstić information content (AvgIpc) is 2.21. The van der Waals surface area contributed by atoms with Gasteiger partial charge in [0.1, 0.15) is 0 Å². The van der Waals surface area contributed by atoms with Gasteiger partial charge in [-0.2, -0.15) is 0 Å². The number of aromatic nitrogens is 2. The zero-order valence-corrected chi connectivity index (χ0v) is 10.7. The van der Waals surface area contributed by atoms with Crippen LogP contribution in [0.2, 0.25) is 0 Å². The van der Waals surface area contributed by atoms with Crippen LogP contribution in [-0.4, -0.2) is 9.55 Å². The third-order valence-electron chi connectivity index (χ3n) is 2.47. The van der Waals surface area contributed by atoms with Gasteiger partial charge in [-0.3, -0.25) is 9.36 Å². The Kier molecular flexibility index (Phi) is 2.52. The number of aryl methyl sites for hydroxylation is 1. The Morgan fingerprint density at radius 2 is 2.13 bits per heavy atom. The van der Waals surface area contributed by atoms with Gasteiger partial charge >= 0.3 is 0 Å². The number of hydrogen-bond acceptors (Lipinski definition) is 2. The van der Waals surface area contributed by atoms with Gasteiger partial charge in [0.2, 0.25) is 0 Å². The van der Waals surface area contributed by atoms with Crippen LogP contribution in [0, 0.1) is 11.7 Å². The van der Waals surface area contributed by atoms with Crippen molar-refractivity contribution in [2.75, 3.05) is 0 Å². The number of benzene rings is 1. The molecule has 0 atom stereocenters. The quantitative estimate of drug-likeness (QED) is 0.756. The fraction of sp³-hybridized carbons (Fsp3) is 0.200. The van der Waals surface area contributed by atoms with Crippen LogP contribution in [-0.2, 0) is 7.05 Å². The van der Waals surface area contributed by atoms with E-state index in [1.54, 1.807) is 13.1 Å². The molecule has 2 rings (SSSR count). The molecular weight excluding hydrogens is 276 g/mol. The maximum Gasteiger partial charge on any atom is 0.261 e. The van der Waals surface area contributed by atoms with Gasteiger partial charge in [0.15, 0.2) is 4.77 Å². The molecule has 0 saturated heterocycles. The van der Waals surface area contributed by atoms with E-state index in [2.05, 4.69) is 20.9 Å². The minimum absolute atomic E-state index is 0.0654. The molecule has 1 N–H and O–H groups in total. The molecule has 1 aromatic carbocycles. The average molecular weight is 285 g/mol. The number of H-pyrrole nitrogens is 1. The lowest BCUT2D eigenvalue weighted by Crippen LogP contribution is -2.18. The summed E-state index contributed by atoms with van der Waals surface area (Å²) in [6.45, 7) is 1.94. The molecule has 1 aromatic heterocycles. The summed E-state index contributed by atoms with van der Waals surface area (Å²) in [4.78, 5) is 14.9. The molecule has 1 heterocycles. The maximum atomic E-state index is 11.9. The van der Waals surface area contributed by atoms with Crippen molar-refractivity contribution >= 4 is 39.1 Å². The van der Waals surface area contributed by atoms with Crippen LogP contribution in [0.5, 0.6) is 0 Å². The molecule has 0 fully saturated rings. The summed E-state index contributed by atoms with van der Waals surface area (Å²) in [5, 5.41) is 0.659. The minimum Gasteiger partial charge on any atom is -0.331 e. The van der Waals surface area contributed by atoms with Crippen LogP contribution in [0.1, 0.15) is 5.56 Å². The number of fused-ring (bicyclic) bond motifs is 1. The van der Waals surface area contributed by atoms with Crippen LogP contribution in [0.4, 0.5) is 0 Å². The van der Waals surface area contributed by atoms with Gasteiger partial charge in [0.05, 0.1) is 10.9 Å². The molecule has 0 saturated carbocycles. The largest absolute Gasteiger partial charge is 0.331 e. The SMILES string of the molecule is Cc1c(Br)ccc2c(=O)n(C)c(=S)[nH]c12. The van der Waals surface area contributed by atoms with Crippen molar-refractivity contribution in [3.8, 4) is 0 Å². The molecule has 0 spiro atoms. The van der Waals surface area contributed by atoms with E-state index in [0.717, 1.165) is 15.6 Å². The van der Waals surface area contributed by atoms with E-state index < -0.39 is 0 Å². The standard InChI is InChI=1S/C10H9BrN2OS/c1-5-7(11)4-3-6-8(5)12-10(15)13(2)9(6)14/h3-4H,1-2H3,(H,12,15). The molecule has 0 aliphatic rings. The second-order valence-electron chi connectivity index (χ2n) is 3.39. The molecule has 0 amide bonds. The van der Waals surface area contributed by atoms with Crippen LogP contribution in [0.25, 0.3) is 10.9 Å². The zero-order chi connectivity index (χ0) is 11.2. The number of aromatic amines is 1. The number of nitrogens with zero attached hydrogens (tertiary/aromatic N) is 1. The Labute approximate surface area is 99.9 Å². The monoisotopic (exact) mass is 284 g/mol. The third kappa shape index (κ3) is 1.55. The van der Waals surface area contributed by atoms with Gasteiger partial charge in [0, 0.05) is 11.5 Å². The van der Waals surface area contributed by atoms with E-state index in [1.165, 1.54) is 4.57 Å². The van der Waals surface area contributed by atoms with Crippen molar-refractivity contribution in [2.24, 2.45) is 7.05 Å². The summed E-state index contributed by atoms with van der Waals surface area (Å²) in [6.07, 6.45) is 0. The number of nitrogens with one attached hydrogen (secondary N) is 1. The molecule has 0 radical (unpaired) electrons. The lowest BCUT2D eigenvalue weighted by atomic mass is 10.1. The van der Waals surface area contributed by atoms with Crippen LogP contribution >= 0.6 is 28.1 Å². The van der Waals surface area contributed by atoms with E-state index in [1.807, 2.05) is 13.0 Å². The van der Waals surface area contributed by atoms with Crippen molar-refractivity contribution in [1.82, 2.24) is 9.55 Å². The van der Waals surface area contributed by atoms with E-state index in [9.17, 15) is 4.79 Å². The lowest BCUT2D eigenvalue weighted by Gasteiger charge is -2.06. The van der Waals surface area contributed by atoms with E-state index in [-0.39, 0.29) is 5.56 Å². The highest BCUT2D eigenvalue weighted by Crippen LogP contribution is 2.21. The predicted molar refractivity (Wildman–Crippen MR) is 66.8 cm³/mol. The number of rotatable bonds is 0. The van der Waals surface area contributed by atoms with Crippen molar-refractivity contribution in [1.29, 1.82) is 0 Å². The van der Waals surface area contributed by atoms with Gasteiger partial charge in [-0.25, -0.2) is 0 Å². The van der Waals surface area contributed by atoms with Crippen LogP contribution in [0.3, 0.4) is 0 Å². The fourth-order valence-electron chi connectivity index (χ4n) is 1.49. The molecule has 0 aliphatic heterocycles. The molecule has 0 aliphatic carbocycles. The van der Waals surface area contributed by atoms with E-state index in [4.69, 9.17) is 12.2 Å². The first-order valence-electron chi connectivity index (χ1n) is 4.40. The Morgan fingerprint density at radius 1 is 1.47 bits per heavy atom. The molecule has 2 aromatic rings. The normalized spacial score (nSPS) is 10.9. The first kappa shape index (κ1) is 10.6. The first-order chi connectivity index (χ1) is 7.02. The van der Waals surface area contributed by atoms with Gasteiger partial charge in [-0.1, -0.05) is 15.9 Å². The van der Waals surface area contributed by atoms with Crippen molar-refractivity contribution in [3.63, 3.8) is 0 Å². The summed E-state index contributed by atoms with van der Waals surface area (Å²) >= 11 is 8.48. The highest BCUT2D eigenvalue weighted by molar-refractivity contribution is 9.10. The molecule has 5 heteroatoms. The van der Waals surface area contributed by atoms with E-state index in [0.29, 0.717) is 10.2 Å². The molecule has 0 bridgehead atoms. The molecule has 78 valence electrons. The molecular formula is C10H9BrN2OS. The second kappa shape index (κ2) is 3.57. The van der Waals surface area contributed by atoms with Crippen molar-refractivity contribution in [3.05, 3.63) is 37.3 Å². The Balaban J connectivity index is 3.13. The Morgan fingerprint density at radius 3 is 2.80 bits per heavy atom. The van der Waals surface area contributed by atoms with Gasteiger partial charge in [-0.05, 0) is 36.8 Å². The summed E-state index contributed by atoms with van der Waals surface area (Å²) in [5.41, 5.74) is 1.73. The fourth-order valence-corrected chi connectivity index (χ4v) is 2.00. The highest BCUT2D eigenvalue weighted by Gasteiger charge is 2.06. The predicted octanol–water partition coefficient (Wildman–Crippen LogP) is 2.67. The van der Waals surface area contributed by atoms with Crippen molar-refractivity contribution in [2.45, 2.75) is 6.92 Å². The Hall–Kier alpha value is -0.940. The van der Waals surface area contributed by atoms with Crippen molar-refractivity contribution < 1.29 is 0 Å². The minimum atomic E-state index is -0.0654. The second-order valence-corrected chi connectivity index (χ2v) is 4.63. The number of halogens is 1.